The van der Waals surface area contributed by atoms with Gasteiger partial charge in [-0.2, -0.15) is 0 Å². The van der Waals surface area contributed by atoms with Gasteiger partial charge >= 0.3 is 0 Å². The summed E-state index contributed by atoms with van der Waals surface area (Å²) in [5.74, 6) is 2.08. The molecule has 0 saturated heterocycles. The van der Waals surface area contributed by atoms with Crippen LogP contribution in [0.25, 0.3) is 0 Å². The number of hydrogen-bond acceptors (Lipinski definition) is 2. The largest absolute Gasteiger partial charge is 0.293 e. The Labute approximate surface area is 133 Å². The molecule has 0 aromatic carbocycles. The highest BCUT2D eigenvalue weighted by Gasteiger charge is 2.58. The number of carbonyl (C=O) groups is 1. The van der Waals surface area contributed by atoms with Crippen LogP contribution in [0.2, 0.25) is 0 Å². The van der Waals surface area contributed by atoms with Crippen molar-refractivity contribution in [1.82, 2.24) is 0 Å². The van der Waals surface area contributed by atoms with E-state index in [-0.39, 0.29) is 5.41 Å². The number of Topliss-reactive ketones (excluding diaryl/α,β-unsaturated/α-hetero) is 1. The van der Waals surface area contributed by atoms with Crippen molar-refractivity contribution >= 4 is 33.0 Å². The summed E-state index contributed by atoms with van der Waals surface area (Å²) in [6.07, 6.45) is 7.58. The molecule has 4 aliphatic carbocycles. The molecule has 1 aromatic heterocycles. The summed E-state index contributed by atoms with van der Waals surface area (Å²) in [7, 11) is 0. The van der Waals surface area contributed by atoms with E-state index in [0.717, 1.165) is 39.8 Å². The van der Waals surface area contributed by atoms with Gasteiger partial charge in [-0.3, -0.25) is 4.79 Å². The first-order valence-corrected chi connectivity index (χ1v) is 9.31. The van der Waals surface area contributed by atoms with Gasteiger partial charge in [0.25, 0.3) is 0 Å². The Morgan fingerprint density at radius 1 is 1.30 bits per heavy atom. The van der Waals surface area contributed by atoms with Crippen LogP contribution in [-0.4, -0.2) is 5.78 Å². The average molecular weight is 353 g/mol. The van der Waals surface area contributed by atoms with Gasteiger partial charge in [0.15, 0.2) is 5.78 Å². The van der Waals surface area contributed by atoms with Crippen molar-refractivity contribution in [1.29, 1.82) is 0 Å². The maximum atomic E-state index is 13.2. The fraction of sp³-hybridized carbons (Fsp3) is 0.706. The van der Waals surface area contributed by atoms with E-state index in [1.54, 1.807) is 11.3 Å². The Morgan fingerprint density at radius 3 is 2.45 bits per heavy atom. The van der Waals surface area contributed by atoms with Gasteiger partial charge in [0.05, 0.1) is 8.66 Å². The summed E-state index contributed by atoms with van der Waals surface area (Å²) in [6.45, 7) is 4.51. The molecule has 108 valence electrons. The summed E-state index contributed by atoms with van der Waals surface area (Å²) in [5, 5.41) is 0. The Bertz CT molecular complexity index is 554. The zero-order valence-corrected chi connectivity index (χ0v) is 14.6. The molecule has 2 unspecified atom stereocenters. The van der Waals surface area contributed by atoms with Gasteiger partial charge in [-0.1, -0.05) is 6.92 Å². The van der Waals surface area contributed by atoms with Gasteiger partial charge < -0.3 is 0 Å². The van der Waals surface area contributed by atoms with E-state index in [1.165, 1.54) is 24.8 Å². The number of carbonyl (C=O) groups excluding carboxylic acids is 1. The maximum absolute atomic E-state index is 13.2. The normalized spacial score (nSPS) is 42.1. The molecule has 5 rings (SSSR count). The average Bonchev–Trinajstić information content (AvgIpc) is 2.65. The molecule has 2 atom stereocenters. The van der Waals surface area contributed by atoms with E-state index in [4.69, 9.17) is 0 Å². The lowest BCUT2D eigenvalue weighted by atomic mass is 9.44. The van der Waals surface area contributed by atoms with E-state index in [0.29, 0.717) is 11.2 Å². The smallest absolute Gasteiger partial charge is 0.178 e. The minimum absolute atomic E-state index is 0.0183. The van der Waals surface area contributed by atoms with Crippen LogP contribution in [0.4, 0.5) is 0 Å². The van der Waals surface area contributed by atoms with E-state index in [2.05, 4.69) is 35.8 Å². The van der Waals surface area contributed by atoms with Crippen LogP contribution in [0.5, 0.6) is 0 Å². The maximum Gasteiger partial charge on any atom is 0.178 e. The lowest BCUT2D eigenvalue weighted by Crippen LogP contribution is -2.53. The Kier molecular flexibility index (Phi) is 2.83. The molecule has 1 aromatic rings. The van der Waals surface area contributed by atoms with Crippen molar-refractivity contribution in [3.8, 4) is 0 Å². The quantitative estimate of drug-likeness (QED) is 0.632. The second-order valence-corrected chi connectivity index (χ2v) is 10.3. The van der Waals surface area contributed by atoms with Crippen LogP contribution in [0.15, 0.2) is 9.85 Å². The Balaban J connectivity index is 1.72. The van der Waals surface area contributed by atoms with Crippen LogP contribution in [0.3, 0.4) is 0 Å². The fourth-order valence-electron chi connectivity index (χ4n) is 5.82. The minimum Gasteiger partial charge on any atom is -0.293 e. The van der Waals surface area contributed by atoms with Crippen molar-refractivity contribution < 1.29 is 4.79 Å². The summed E-state index contributed by atoms with van der Waals surface area (Å²) >= 11 is 5.21. The summed E-state index contributed by atoms with van der Waals surface area (Å²) in [6, 6.07) is 2.10. The number of aryl methyl sites for hydroxylation is 1. The number of thiophene rings is 1. The van der Waals surface area contributed by atoms with Crippen LogP contribution in [-0.2, 0) is 0 Å². The van der Waals surface area contributed by atoms with Gasteiger partial charge in [-0.15, -0.1) is 11.3 Å². The number of halogens is 1. The predicted molar refractivity (Wildman–Crippen MR) is 86.3 cm³/mol. The number of hydrogen-bond donors (Lipinski definition) is 0. The van der Waals surface area contributed by atoms with E-state index in [9.17, 15) is 4.79 Å². The highest BCUT2D eigenvalue weighted by atomic mass is 79.9. The Hall–Kier alpha value is -0.150. The third-order valence-corrected chi connectivity index (χ3v) is 8.05. The summed E-state index contributed by atoms with van der Waals surface area (Å²) < 4.78 is 1.12. The molecule has 0 spiro atoms. The van der Waals surface area contributed by atoms with Crippen LogP contribution in [0, 0.1) is 29.6 Å². The second kappa shape index (κ2) is 4.19. The highest BCUT2D eigenvalue weighted by molar-refractivity contribution is 9.11. The summed E-state index contributed by atoms with van der Waals surface area (Å²) in [5.41, 5.74) is 1.63. The zero-order chi connectivity index (χ0) is 14.1. The molecule has 4 bridgehead atoms. The topological polar surface area (TPSA) is 17.1 Å². The minimum atomic E-state index is -0.0183. The van der Waals surface area contributed by atoms with E-state index < -0.39 is 0 Å². The highest BCUT2D eigenvalue weighted by Crippen LogP contribution is 2.66. The van der Waals surface area contributed by atoms with Gasteiger partial charge in [0, 0.05) is 5.41 Å². The SMILES string of the molecule is Cc1cc(C(=O)C23CC4CC(CC(C)(C4)C2)C3)sc1Br. The van der Waals surface area contributed by atoms with E-state index in [1.807, 2.05) is 0 Å². The van der Waals surface area contributed by atoms with E-state index >= 15 is 0 Å². The van der Waals surface area contributed by atoms with Crippen molar-refractivity contribution in [3.63, 3.8) is 0 Å². The first-order valence-electron chi connectivity index (χ1n) is 7.70. The lowest BCUT2D eigenvalue weighted by Gasteiger charge is -2.60. The second-order valence-electron chi connectivity index (χ2n) is 7.95. The van der Waals surface area contributed by atoms with Gasteiger partial charge in [0.2, 0.25) is 0 Å². The molecule has 4 saturated carbocycles. The monoisotopic (exact) mass is 352 g/mol. The molecule has 1 heterocycles. The first-order chi connectivity index (χ1) is 9.39. The third kappa shape index (κ3) is 1.89. The van der Waals surface area contributed by atoms with Crippen molar-refractivity contribution in [2.75, 3.05) is 0 Å². The van der Waals surface area contributed by atoms with Crippen molar-refractivity contribution in [2.45, 2.75) is 52.4 Å². The molecule has 20 heavy (non-hydrogen) atoms. The van der Waals surface area contributed by atoms with Gasteiger partial charge in [-0.05, 0) is 90.3 Å². The number of rotatable bonds is 2. The molecule has 0 radical (unpaired) electrons. The third-order valence-electron chi connectivity index (χ3n) is 5.92. The van der Waals surface area contributed by atoms with Crippen LogP contribution < -0.4 is 0 Å². The molecular weight excluding hydrogens is 332 g/mol. The predicted octanol–water partition coefficient (Wildman–Crippen LogP) is 5.61. The first kappa shape index (κ1) is 13.5. The van der Waals surface area contributed by atoms with Gasteiger partial charge in [-0.25, -0.2) is 0 Å². The van der Waals surface area contributed by atoms with Crippen molar-refractivity contribution in [2.24, 2.45) is 22.7 Å². The standard InChI is InChI=1S/C17H21BrOS/c1-10-3-13(20-15(10)18)14(19)17-7-11-4-12(8-17)6-16(2,5-11)9-17/h3,11-12H,4-9H2,1-2H3. The Morgan fingerprint density at radius 2 is 1.95 bits per heavy atom. The lowest BCUT2D eigenvalue weighted by molar-refractivity contribution is -0.0819. The zero-order valence-electron chi connectivity index (χ0n) is 12.2. The molecular formula is C17H21BrOS. The summed E-state index contributed by atoms with van der Waals surface area (Å²) in [4.78, 5) is 14.2. The molecule has 4 aliphatic rings. The molecule has 1 nitrogen and oxygen atoms in total. The molecule has 3 heteroatoms. The van der Waals surface area contributed by atoms with Crippen molar-refractivity contribution in [3.05, 3.63) is 20.3 Å². The van der Waals surface area contributed by atoms with Crippen LogP contribution >= 0.6 is 27.3 Å². The molecule has 4 fully saturated rings. The van der Waals surface area contributed by atoms with Crippen LogP contribution in [0.1, 0.15) is 60.7 Å². The molecule has 0 amide bonds. The molecule has 0 aliphatic heterocycles. The fourth-order valence-corrected chi connectivity index (χ4v) is 7.41. The van der Waals surface area contributed by atoms with Gasteiger partial charge in [0.1, 0.15) is 0 Å². The molecule has 0 N–H and O–H groups in total. The number of ketones is 1.